The fourth-order valence-electron chi connectivity index (χ4n) is 1.00. The molecule has 1 heterocycles. The lowest BCUT2D eigenvalue weighted by Gasteiger charge is -1.95. The maximum absolute atomic E-state index is 13.1. The third kappa shape index (κ3) is 1.30. The summed E-state index contributed by atoms with van der Waals surface area (Å²) in [6.45, 7) is 0. The third-order valence-electron chi connectivity index (χ3n) is 1.53. The Morgan fingerprint density at radius 2 is 2.15 bits per heavy atom. The monoisotopic (exact) mass is 264 g/mol. The predicted octanol–water partition coefficient (Wildman–Crippen LogP) is 2.92. The summed E-state index contributed by atoms with van der Waals surface area (Å²) < 4.78 is 26.9. The van der Waals surface area contributed by atoms with E-state index in [-0.39, 0.29) is 10.6 Å². The zero-order valence-electron chi connectivity index (χ0n) is 6.14. The van der Waals surface area contributed by atoms with Crippen LogP contribution in [0.3, 0.4) is 0 Å². The first-order valence-corrected chi connectivity index (χ1v) is 4.90. The normalized spacial score (nSPS) is 11.0. The minimum absolute atomic E-state index is 0.0191. The second kappa shape index (κ2) is 2.88. The number of hydrogen-bond donors (Lipinski definition) is 1. The van der Waals surface area contributed by atoms with Crippen LogP contribution in [0.2, 0.25) is 0 Å². The van der Waals surface area contributed by atoms with Gasteiger partial charge in [0.15, 0.2) is 16.8 Å². The van der Waals surface area contributed by atoms with Crippen molar-refractivity contribution in [1.29, 1.82) is 0 Å². The number of anilines is 1. The van der Waals surface area contributed by atoms with Gasteiger partial charge < -0.3 is 5.73 Å². The van der Waals surface area contributed by atoms with E-state index in [1.807, 2.05) is 0 Å². The van der Waals surface area contributed by atoms with E-state index in [4.69, 9.17) is 5.73 Å². The number of aromatic nitrogens is 1. The lowest BCUT2D eigenvalue weighted by molar-refractivity contribution is 0.515. The molecule has 0 saturated carbocycles. The molecule has 1 aromatic carbocycles. The van der Waals surface area contributed by atoms with Gasteiger partial charge in [0.2, 0.25) is 0 Å². The fourth-order valence-corrected chi connectivity index (χ4v) is 2.37. The van der Waals surface area contributed by atoms with Crippen LogP contribution in [-0.2, 0) is 0 Å². The molecule has 2 aromatic rings. The third-order valence-corrected chi connectivity index (χ3v) is 3.34. The Kier molecular flexibility index (Phi) is 1.96. The average Bonchev–Trinajstić information content (AvgIpc) is 2.44. The van der Waals surface area contributed by atoms with Gasteiger partial charge in [0.1, 0.15) is 5.52 Å². The Bertz CT molecular complexity index is 483. The van der Waals surface area contributed by atoms with Crippen molar-refractivity contribution in [1.82, 2.24) is 4.98 Å². The van der Waals surface area contributed by atoms with Crippen LogP contribution in [0, 0.1) is 11.6 Å². The molecule has 13 heavy (non-hydrogen) atoms. The number of benzene rings is 1. The number of halogens is 3. The van der Waals surface area contributed by atoms with Gasteiger partial charge in [0.05, 0.1) is 4.70 Å². The second-order valence-corrected chi connectivity index (χ2v) is 4.27. The van der Waals surface area contributed by atoms with Crippen molar-refractivity contribution < 1.29 is 8.78 Å². The molecule has 0 fully saturated rings. The van der Waals surface area contributed by atoms with Gasteiger partial charge in [-0.3, -0.25) is 0 Å². The summed E-state index contributed by atoms with van der Waals surface area (Å²) in [6.07, 6.45) is 0. The predicted molar refractivity (Wildman–Crippen MR) is 51.6 cm³/mol. The van der Waals surface area contributed by atoms with Crippen LogP contribution in [0.4, 0.5) is 13.9 Å². The maximum Gasteiger partial charge on any atom is 0.186 e. The van der Waals surface area contributed by atoms with Crippen LogP contribution in [0.5, 0.6) is 0 Å². The lowest BCUT2D eigenvalue weighted by Crippen LogP contribution is -1.86. The molecule has 0 unspecified atom stereocenters. The molecule has 0 radical (unpaired) electrons. The Labute approximate surface area is 84.5 Å². The molecule has 1 aromatic heterocycles. The summed E-state index contributed by atoms with van der Waals surface area (Å²) >= 11 is 4.22. The van der Waals surface area contributed by atoms with Crippen LogP contribution in [0.1, 0.15) is 0 Å². The molecule has 0 aliphatic rings. The van der Waals surface area contributed by atoms with E-state index < -0.39 is 11.6 Å². The van der Waals surface area contributed by atoms with Crippen molar-refractivity contribution in [3.05, 3.63) is 22.2 Å². The van der Waals surface area contributed by atoms with E-state index in [1.165, 1.54) is 0 Å². The molecule has 68 valence electrons. The molecular formula is C7H3BrF2N2S. The van der Waals surface area contributed by atoms with Gasteiger partial charge in [-0.1, -0.05) is 11.3 Å². The smallest absolute Gasteiger partial charge is 0.186 e. The van der Waals surface area contributed by atoms with Crippen molar-refractivity contribution >= 4 is 42.6 Å². The van der Waals surface area contributed by atoms with Crippen molar-refractivity contribution in [3.63, 3.8) is 0 Å². The minimum Gasteiger partial charge on any atom is -0.375 e. The molecule has 0 aliphatic carbocycles. The number of nitrogen functional groups attached to an aromatic ring is 1. The highest BCUT2D eigenvalue weighted by molar-refractivity contribution is 9.10. The molecule has 2 N–H and O–H groups in total. The van der Waals surface area contributed by atoms with Gasteiger partial charge in [-0.2, -0.15) is 0 Å². The quantitative estimate of drug-likeness (QED) is 0.744. The Morgan fingerprint density at radius 1 is 1.46 bits per heavy atom. The number of nitrogens with two attached hydrogens (primary N) is 1. The largest absolute Gasteiger partial charge is 0.375 e. The van der Waals surface area contributed by atoms with Gasteiger partial charge in [-0.15, -0.1) is 0 Å². The summed E-state index contributed by atoms with van der Waals surface area (Å²) in [5, 5.41) is 0.222. The number of thiazole rings is 1. The zero-order chi connectivity index (χ0) is 9.59. The van der Waals surface area contributed by atoms with Gasteiger partial charge in [0.25, 0.3) is 0 Å². The molecule has 6 heteroatoms. The molecular weight excluding hydrogens is 262 g/mol. The van der Waals surface area contributed by atoms with E-state index in [9.17, 15) is 8.78 Å². The van der Waals surface area contributed by atoms with E-state index in [2.05, 4.69) is 20.9 Å². The summed E-state index contributed by atoms with van der Waals surface area (Å²) in [5.41, 5.74) is 5.36. The maximum atomic E-state index is 13.1. The van der Waals surface area contributed by atoms with Gasteiger partial charge in [-0.05, 0) is 22.0 Å². The lowest BCUT2D eigenvalue weighted by atomic mass is 10.3. The first kappa shape index (κ1) is 8.83. The number of rotatable bonds is 0. The summed E-state index contributed by atoms with van der Waals surface area (Å²) in [4.78, 5) is 3.69. The van der Waals surface area contributed by atoms with Crippen molar-refractivity contribution in [2.24, 2.45) is 0 Å². The average molecular weight is 265 g/mol. The molecule has 0 bridgehead atoms. The van der Waals surface area contributed by atoms with Gasteiger partial charge in [-0.25, -0.2) is 13.8 Å². The Hall–Kier alpha value is -0.750. The van der Waals surface area contributed by atoms with Crippen LogP contribution in [0.15, 0.2) is 10.5 Å². The standard InChI is InChI=1S/C7H3BrF2N2S/c8-2-1-3(9)4(10)5-6(2)13-7(11)12-5/h1H,(H2,11,12). The molecule has 0 aliphatic heterocycles. The summed E-state index contributed by atoms with van der Waals surface area (Å²) in [7, 11) is 0. The highest BCUT2D eigenvalue weighted by Gasteiger charge is 2.14. The minimum atomic E-state index is -0.953. The number of fused-ring (bicyclic) bond motifs is 1. The Morgan fingerprint density at radius 3 is 2.85 bits per heavy atom. The molecule has 0 amide bonds. The highest BCUT2D eigenvalue weighted by Crippen LogP contribution is 2.33. The first-order valence-electron chi connectivity index (χ1n) is 3.29. The topological polar surface area (TPSA) is 38.9 Å². The van der Waals surface area contributed by atoms with Crippen LogP contribution < -0.4 is 5.73 Å². The van der Waals surface area contributed by atoms with Crippen LogP contribution >= 0.6 is 27.3 Å². The van der Waals surface area contributed by atoms with E-state index in [0.29, 0.717) is 9.17 Å². The van der Waals surface area contributed by atoms with Crippen molar-refractivity contribution in [2.75, 3.05) is 5.73 Å². The van der Waals surface area contributed by atoms with E-state index in [0.717, 1.165) is 17.4 Å². The number of hydrogen-bond acceptors (Lipinski definition) is 3. The summed E-state index contributed by atoms with van der Waals surface area (Å²) in [5.74, 6) is -1.88. The van der Waals surface area contributed by atoms with Crippen molar-refractivity contribution in [3.8, 4) is 0 Å². The summed E-state index contributed by atoms with van der Waals surface area (Å²) in [6, 6.07) is 1.06. The molecule has 2 rings (SSSR count). The van der Waals surface area contributed by atoms with Crippen molar-refractivity contribution in [2.45, 2.75) is 0 Å². The molecule has 0 saturated heterocycles. The van der Waals surface area contributed by atoms with Crippen LogP contribution in [0.25, 0.3) is 10.2 Å². The highest BCUT2D eigenvalue weighted by atomic mass is 79.9. The van der Waals surface area contributed by atoms with Gasteiger partial charge in [0, 0.05) is 4.47 Å². The van der Waals surface area contributed by atoms with E-state index >= 15 is 0 Å². The van der Waals surface area contributed by atoms with Crippen LogP contribution in [-0.4, -0.2) is 4.98 Å². The SMILES string of the molecule is Nc1nc2c(F)c(F)cc(Br)c2s1. The second-order valence-electron chi connectivity index (χ2n) is 2.38. The molecule has 0 spiro atoms. The van der Waals surface area contributed by atoms with E-state index in [1.54, 1.807) is 0 Å². The fraction of sp³-hybridized carbons (Fsp3) is 0. The molecule has 2 nitrogen and oxygen atoms in total. The number of nitrogens with zero attached hydrogens (tertiary/aromatic N) is 1. The zero-order valence-corrected chi connectivity index (χ0v) is 8.55. The Balaban J connectivity index is 2.95. The van der Waals surface area contributed by atoms with Gasteiger partial charge >= 0.3 is 0 Å². The molecule has 0 atom stereocenters. The first-order chi connectivity index (χ1) is 6.09.